The highest BCUT2D eigenvalue weighted by atomic mass is 16.6. The van der Waals surface area contributed by atoms with Crippen LogP contribution >= 0.6 is 0 Å². The van der Waals surface area contributed by atoms with Gasteiger partial charge in [0.1, 0.15) is 59.9 Å². The van der Waals surface area contributed by atoms with Crippen molar-refractivity contribution in [1.29, 1.82) is 0 Å². The molecule has 154 valence electrons. The molecule has 3 aromatic carbocycles. The molecule has 2 fully saturated rings. The lowest BCUT2D eigenvalue weighted by Crippen LogP contribution is -2.03. The Kier molecular flexibility index (Phi) is 5.42. The molecule has 6 nitrogen and oxygen atoms in total. The van der Waals surface area contributed by atoms with E-state index in [2.05, 4.69) is 0 Å². The van der Waals surface area contributed by atoms with Gasteiger partial charge in [0.05, 0.1) is 13.2 Å². The van der Waals surface area contributed by atoms with Crippen LogP contribution < -0.4 is 18.9 Å². The van der Waals surface area contributed by atoms with Crippen molar-refractivity contribution >= 4 is 0 Å². The molecule has 0 N–H and O–H groups in total. The zero-order chi connectivity index (χ0) is 20.2. The van der Waals surface area contributed by atoms with Crippen LogP contribution in [0.15, 0.2) is 72.8 Å². The van der Waals surface area contributed by atoms with Crippen LogP contribution in [-0.2, 0) is 9.47 Å². The maximum atomic E-state index is 5.94. The third kappa shape index (κ3) is 5.43. The smallest absolute Gasteiger partial charge is 0.131 e. The minimum Gasteiger partial charge on any atom is -0.491 e. The second-order valence-corrected chi connectivity index (χ2v) is 7.15. The van der Waals surface area contributed by atoms with Crippen LogP contribution in [-0.4, -0.2) is 38.6 Å². The quantitative estimate of drug-likeness (QED) is 0.450. The van der Waals surface area contributed by atoms with Crippen molar-refractivity contribution in [2.45, 2.75) is 12.2 Å². The number of hydrogen-bond donors (Lipinski definition) is 0. The van der Waals surface area contributed by atoms with Crippen LogP contribution in [0.25, 0.3) is 0 Å². The van der Waals surface area contributed by atoms with E-state index in [0.717, 1.165) is 36.2 Å². The summed E-state index contributed by atoms with van der Waals surface area (Å²) in [6, 6.07) is 22.6. The van der Waals surface area contributed by atoms with Crippen molar-refractivity contribution in [3.8, 4) is 34.5 Å². The average Bonchev–Trinajstić information content (AvgIpc) is 3.69. The Morgan fingerprint density at radius 2 is 0.967 bits per heavy atom. The van der Waals surface area contributed by atoms with Gasteiger partial charge in [-0.3, -0.25) is 0 Å². The van der Waals surface area contributed by atoms with Gasteiger partial charge in [-0.25, -0.2) is 0 Å². The van der Waals surface area contributed by atoms with E-state index in [1.54, 1.807) is 0 Å². The van der Waals surface area contributed by atoms with E-state index in [-0.39, 0.29) is 12.2 Å². The van der Waals surface area contributed by atoms with Crippen LogP contribution in [0.1, 0.15) is 0 Å². The third-order valence-electron chi connectivity index (χ3n) is 4.60. The second kappa shape index (κ2) is 8.65. The zero-order valence-electron chi connectivity index (χ0n) is 16.4. The topological polar surface area (TPSA) is 62.0 Å². The highest BCUT2D eigenvalue weighted by molar-refractivity contribution is 5.41. The van der Waals surface area contributed by atoms with Crippen molar-refractivity contribution in [3.05, 3.63) is 72.8 Å². The zero-order valence-corrected chi connectivity index (χ0v) is 16.4. The van der Waals surface area contributed by atoms with Crippen LogP contribution in [0.5, 0.6) is 34.5 Å². The van der Waals surface area contributed by atoms with Crippen molar-refractivity contribution in [2.75, 3.05) is 26.4 Å². The van der Waals surface area contributed by atoms with Gasteiger partial charge in [0.25, 0.3) is 0 Å². The lowest BCUT2D eigenvalue weighted by atomic mass is 10.3. The van der Waals surface area contributed by atoms with Gasteiger partial charge < -0.3 is 28.4 Å². The van der Waals surface area contributed by atoms with Gasteiger partial charge in [0.2, 0.25) is 0 Å². The molecule has 2 unspecified atom stereocenters. The maximum Gasteiger partial charge on any atom is 0.131 e. The standard InChI is InChI=1S/C24H22O6/c1-2-21(29-19-8-4-17(5-9-19)25-13-23-15-27-23)12-22(3-1)30-20-10-6-18(7-11-20)26-14-24-16-28-24/h1-12,23-24H,13-16H2. The third-order valence-corrected chi connectivity index (χ3v) is 4.60. The summed E-state index contributed by atoms with van der Waals surface area (Å²) in [5, 5.41) is 0. The monoisotopic (exact) mass is 406 g/mol. The summed E-state index contributed by atoms with van der Waals surface area (Å²) in [4.78, 5) is 0. The second-order valence-electron chi connectivity index (χ2n) is 7.15. The summed E-state index contributed by atoms with van der Waals surface area (Å²) >= 11 is 0. The molecule has 2 atom stereocenters. The van der Waals surface area contributed by atoms with Crippen LogP contribution in [0.2, 0.25) is 0 Å². The van der Waals surface area contributed by atoms with Crippen molar-refractivity contribution in [3.63, 3.8) is 0 Å². The fraction of sp³-hybridized carbons (Fsp3) is 0.250. The summed E-state index contributed by atoms with van der Waals surface area (Å²) in [6.07, 6.45) is 0.481. The number of benzene rings is 3. The van der Waals surface area contributed by atoms with E-state index in [1.807, 2.05) is 72.8 Å². The predicted molar refractivity (Wildman–Crippen MR) is 110 cm³/mol. The molecule has 2 aliphatic rings. The number of epoxide rings is 2. The fourth-order valence-electron chi connectivity index (χ4n) is 2.79. The molecular weight excluding hydrogens is 384 g/mol. The lowest BCUT2D eigenvalue weighted by molar-refractivity contribution is 0.263. The Morgan fingerprint density at radius 3 is 1.37 bits per heavy atom. The minimum absolute atomic E-state index is 0.240. The van der Waals surface area contributed by atoms with Crippen LogP contribution in [0.4, 0.5) is 0 Å². The fourth-order valence-corrected chi connectivity index (χ4v) is 2.79. The van der Waals surface area contributed by atoms with Gasteiger partial charge in [-0.1, -0.05) is 6.07 Å². The first kappa shape index (κ1) is 18.8. The molecule has 0 saturated carbocycles. The molecule has 2 aliphatic heterocycles. The van der Waals surface area contributed by atoms with Gasteiger partial charge in [0.15, 0.2) is 0 Å². The largest absolute Gasteiger partial charge is 0.491 e. The molecule has 5 rings (SSSR count). The molecule has 6 heteroatoms. The summed E-state index contributed by atoms with van der Waals surface area (Å²) in [5.41, 5.74) is 0. The Morgan fingerprint density at radius 1 is 0.567 bits per heavy atom. The SMILES string of the molecule is c1cc(Oc2ccc(OCC3CO3)cc2)cc(Oc2ccc(OCC3CO3)cc2)c1. The maximum absolute atomic E-state index is 5.94. The molecule has 0 amide bonds. The summed E-state index contributed by atoms with van der Waals surface area (Å²) in [6.45, 7) is 2.74. The van der Waals surface area contributed by atoms with Gasteiger partial charge in [-0.2, -0.15) is 0 Å². The predicted octanol–water partition coefficient (Wildman–Crippen LogP) is 4.83. The van der Waals surface area contributed by atoms with Gasteiger partial charge in [-0.05, 0) is 60.7 Å². The van der Waals surface area contributed by atoms with Gasteiger partial charge in [-0.15, -0.1) is 0 Å². The number of hydrogen-bond acceptors (Lipinski definition) is 6. The first-order valence-electron chi connectivity index (χ1n) is 9.95. The van der Waals surface area contributed by atoms with E-state index in [0.29, 0.717) is 24.7 Å². The average molecular weight is 406 g/mol. The van der Waals surface area contributed by atoms with E-state index in [4.69, 9.17) is 28.4 Å². The molecule has 2 saturated heterocycles. The number of ether oxygens (including phenoxy) is 6. The van der Waals surface area contributed by atoms with Crippen molar-refractivity contribution < 1.29 is 28.4 Å². The minimum atomic E-state index is 0.240. The molecule has 30 heavy (non-hydrogen) atoms. The summed E-state index contributed by atoms with van der Waals surface area (Å²) in [5.74, 6) is 4.43. The normalized spacial score (nSPS) is 19.1. The van der Waals surface area contributed by atoms with Crippen LogP contribution in [0.3, 0.4) is 0 Å². The van der Waals surface area contributed by atoms with E-state index >= 15 is 0 Å². The van der Waals surface area contributed by atoms with E-state index in [1.165, 1.54) is 0 Å². The molecule has 0 aromatic heterocycles. The highest BCUT2D eigenvalue weighted by Crippen LogP contribution is 2.30. The van der Waals surface area contributed by atoms with Gasteiger partial charge >= 0.3 is 0 Å². The first-order valence-corrected chi connectivity index (χ1v) is 9.95. The Labute approximate surface area is 174 Å². The molecule has 2 heterocycles. The Balaban J connectivity index is 1.16. The highest BCUT2D eigenvalue weighted by Gasteiger charge is 2.23. The molecular formula is C24H22O6. The van der Waals surface area contributed by atoms with Crippen LogP contribution in [0, 0.1) is 0 Å². The number of rotatable bonds is 10. The first-order chi connectivity index (χ1) is 14.8. The molecule has 0 aliphatic carbocycles. The van der Waals surface area contributed by atoms with Gasteiger partial charge in [0, 0.05) is 6.07 Å². The van der Waals surface area contributed by atoms with E-state index in [9.17, 15) is 0 Å². The lowest BCUT2D eigenvalue weighted by Gasteiger charge is -2.10. The Bertz CT molecular complexity index is 885. The van der Waals surface area contributed by atoms with Crippen molar-refractivity contribution in [1.82, 2.24) is 0 Å². The van der Waals surface area contributed by atoms with E-state index < -0.39 is 0 Å². The van der Waals surface area contributed by atoms with Crippen molar-refractivity contribution in [2.24, 2.45) is 0 Å². The Hall–Kier alpha value is -3.22. The molecule has 0 radical (unpaired) electrons. The summed E-state index contributed by atoms with van der Waals surface area (Å²) < 4.78 is 33.4. The molecule has 0 spiro atoms. The molecule has 3 aromatic rings. The molecule has 0 bridgehead atoms. The summed E-state index contributed by atoms with van der Waals surface area (Å²) in [7, 11) is 0.